The smallest absolute Gasteiger partial charge is 0.129 e. The van der Waals surface area contributed by atoms with Crippen molar-refractivity contribution in [2.24, 2.45) is 0 Å². The van der Waals surface area contributed by atoms with E-state index in [9.17, 15) is 9.50 Å². The van der Waals surface area contributed by atoms with Crippen LogP contribution in [0.15, 0.2) is 12.1 Å². The Kier molecular flexibility index (Phi) is 4.10. The van der Waals surface area contributed by atoms with Gasteiger partial charge in [0.2, 0.25) is 0 Å². The summed E-state index contributed by atoms with van der Waals surface area (Å²) in [6.07, 6.45) is 2.67. The molecule has 2 unspecified atom stereocenters. The summed E-state index contributed by atoms with van der Waals surface area (Å²) in [5.41, 5.74) is 2.27. The lowest BCUT2D eigenvalue weighted by Crippen LogP contribution is -2.21. The number of thioether (sulfide) groups is 1. The molecule has 0 aliphatic carbocycles. The van der Waals surface area contributed by atoms with Crippen molar-refractivity contribution >= 4 is 11.8 Å². The summed E-state index contributed by atoms with van der Waals surface area (Å²) in [4.78, 5) is 0. The molecule has 2 rings (SSSR count). The van der Waals surface area contributed by atoms with Crippen LogP contribution in [0.5, 0.6) is 0 Å². The summed E-state index contributed by atoms with van der Waals surface area (Å²) in [6.45, 7) is 3.75. The Morgan fingerprint density at radius 2 is 2.12 bits per heavy atom. The molecule has 0 aromatic heterocycles. The van der Waals surface area contributed by atoms with Crippen LogP contribution in [0.1, 0.15) is 42.1 Å². The van der Waals surface area contributed by atoms with E-state index in [1.807, 2.05) is 19.9 Å². The van der Waals surface area contributed by atoms with E-state index in [1.54, 1.807) is 11.8 Å². The molecule has 2 atom stereocenters. The Labute approximate surface area is 106 Å². The van der Waals surface area contributed by atoms with E-state index >= 15 is 0 Å². The zero-order valence-electron chi connectivity index (χ0n) is 10.4. The van der Waals surface area contributed by atoms with Crippen LogP contribution in [0, 0.1) is 19.7 Å². The third-order valence-corrected chi connectivity index (χ3v) is 4.79. The van der Waals surface area contributed by atoms with E-state index in [2.05, 4.69) is 0 Å². The highest BCUT2D eigenvalue weighted by atomic mass is 32.2. The highest BCUT2D eigenvalue weighted by Gasteiger charge is 2.27. The van der Waals surface area contributed by atoms with Crippen LogP contribution in [0.25, 0.3) is 0 Å². The van der Waals surface area contributed by atoms with E-state index in [4.69, 9.17) is 0 Å². The monoisotopic (exact) mass is 254 g/mol. The topological polar surface area (TPSA) is 20.2 Å². The first-order chi connectivity index (χ1) is 8.09. The minimum Gasteiger partial charge on any atom is -0.387 e. The summed E-state index contributed by atoms with van der Waals surface area (Å²) < 4.78 is 13.9. The molecule has 0 saturated carbocycles. The Bertz CT molecular complexity index is 376. The van der Waals surface area contributed by atoms with E-state index < -0.39 is 6.10 Å². The van der Waals surface area contributed by atoms with Gasteiger partial charge in [-0.1, -0.05) is 12.5 Å². The van der Waals surface area contributed by atoms with Gasteiger partial charge < -0.3 is 5.11 Å². The second-order valence-corrected chi connectivity index (χ2v) is 6.17. The molecule has 1 N–H and O–H groups in total. The molecular formula is C14H19FOS. The van der Waals surface area contributed by atoms with E-state index in [1.165, 1.54) is 12.5 Å². The maximum Gasteiger partial charge on any atom is 0.129 e. The number of rotatable bonds is 2. The number of hydrogen-bond acceptors (Lipinski definition) is 2. The molecule has 0 bridgehead atoms. The third-order valence-electron chi connectivity index (χ3n) is 3.34. The maximum atomic E-state index is 13.9. The first kappa shape index (κ1) is 12.9. The van der Waals surface area contributed by atoms with Gasteiger partial charge in [-0.05, 0) is 49.6 Å². The molecule has 94 valence electrons. The fraction of sp³-hybridized carbons (Fsp3) is 0.571. The zero-order chi connectivity index (χ0) is 12.4. The molecular weight excluding hydrogens is 235 g/mol. The SMILES string of the molecule is Cc1cc(C)c(C(O)C2CCCCS2)c(F)c1. The lowest BCUT2D eigenvalue weighted by Gasteiger charge is -2.27. The van der Waals surface area contributed by atoms with Crippen molar-refractivity contribution in [2.45, 2.75) is 44.5 Å². The average Bonchev–Trinajstić information content (AvgIpc) is 2.28. The van der Waals surface area contributed by atoms with Crippen LogP contribution in [0.3, 0.4) is 0 Å². The van der Waals surface area contributed by atoms with Crippen molar-refractivity contribution in [1.29, 1.82) is 0 Å². The molecule has 1 saturated heterocycles. The molecule has 1 fully saturated rings. The second-order valence-electron chi connectivity index (χ2n) is 4.83. The summed E-state index contributed by atoms with van der Waals surface area (Å²) in [5, 5.41) is 10.5. The molecule has 1 aliphatic heterocycles. The Morgan fingerprint density at radius 1 is 1.35 bits per heavy atom. The van der Waals surface area contributed by atoms with Crippen LogP contribution >= 0.6 is 11.8 Å². The minimum atomic E-state index is -0.666. The predicted octanol–water partition coefficient (Wildman–Crippen LogP) is 3.76. The van der Waals surface area contributed by atoms with Gasteiger partial charge in [-0.15, -0.1) is 0 Å². The van der Waals surface area contributed by atoms with Gasteiger partial charge in [0.05, 0.1) is 6.10 Å². The molecule has 1 nitrogen and oxygen atoms in total. The first-order valence-electron chi connectivity index (χ1n) is 6.16. The lowest BCUT2D eigenvalue weighted by atomic mass is 9.96. The summed E-state index contributed by atoms with van der Waals surface area (Å²) in [7, 11) is 0. The molecule has 0 radical (unpaired) electrons. The van der Waals surface area contributed by atoms with Crippen molar-refractivity contribution in [3.8, 4) is 0 Å². The van der Waals surface area contributed by atoms with Crippen LogP contribution in [0.2, 0.25) is 0 Å². The van der Waals surface area contributed by atoms with Gasteiger partial charge in [0.1, 0.15) is 5.82 Å². The van der Waals surface area contributed by atoms with Gasteiger partial charge in [-0.3, -0.25) is 0 Å². The van der Waals surface area contributed by atoms with Crippen LogP contribution in [-0.4, -0.2) is 16.1 Å². The van der Waals surface area contributed by atoms with Gasteiger partial charge in [-0.25, -0.2) is 4.39 Å². The van der Waals surface area contributed by atoms with Gasteiger partial charge >= 0.3 is 0 Å². The molecule has 1 aliphatic rings. The number of halogens is 1. The average molecular weight is 254 g/mol. The van der Waals surface area contributed by atoms with Gasteiger partial charge in [0.15, 0.2) is 0 Å². The molecule has 1 heterocycles. The first-order valence-corrected chi connectivity index (χ1v) is 7.21. The zero-order valence-corrected chi connectivity index (χ0v) is 11.2. The largest absolute Gasteiger partial charge is 0.387 e. The Balaban J connectivity index is 2.26. The van der Waals surface area contributed by atoms with E-state index in [0.717, 1.165) is 29.7 Å². The molecule has 17 heavy (non-hydrogen) atoms. The normalized spacial score (nSPS) is 22.5. The summed E-state index contributed by atoms with van der Waals surface area (Å²) >= 11 is 1.77. The highest BCUT2D eigenvalue weighted by Crippen LogP contribution is 2.36. The molecule has 3 heteroatoms. The van der Waals surface area contributed by atoms with Crippen molar-refractivity contribution in [1.82, 2.24) is 0 Å². The van der Waals surface area contributed by atoms with Gasteiger partial charge in [-0.2, -0.15) is 11.8 Å². The van der Waals surface area contributed by atoms with Gasteiger partial charge in [0.25, 0.3) is 0 Å². The van der Waals surface area contributed by atoms with Crippen molar-refractivity contribution in [3.63, 3.8) is 0 Å². The third kappa shape index (κ3) is 2.83. The quantitative estimate of drug-likeness (QED) is 0.867. The van der Waals surface area contributed by atoms with Gasteiger partial charge in [0, 0.05) is 10.8 Å². The van der Waals surface area contributed by atoms with E-state index in [-0.39, 0.29) is 11.1 Å². The molecule has 0 amide bonds. The Morgan fingerprint density at radius 3 is 2.71 bits per heavy atom. The minimum absolute atomic E-state index is 0.152. The van der Waals surface area contributed by atoms with E-state index in [0.29, 0.717) is 5.56 Å². The predicted molar refractivity (Wildman–Crippen MR) is 70.9 cm³/mol. The number of hydrogen-bond donors (Lipinski definition) is 1. The standard InChI is InChI=1S/C14H19FOS/c1-9-7-10(2)13(11(15)8-9)14(16)12-5-3-4-6-17-12/h7-8,12,14,16H,3-6H2,1-2H3. The van der Waals surface area contributed by atoms with Crippen molar-refractivity contribution in [2.75, 3.05) is 5.75 Å². The fourth-order valence-corrected chi connectivity index (χ4v) is 3.83. The van der Waals surface area contributed by atoms with Crippen molar-refractivity contribution < 1.29 is 9.50 Å². The number of aliphatic hydroxyl groups is 1. The Hall–Kier alpha value is -0.540. The fourth-order valence-electron chi connectivity index (χ4n) is 2.50. The number of aliphatic hydroxyl groups excluding tert-OH is 1. The summed E-state index contributed by atoms with van der Waals surface area (Å²) in [5.74, 6) is 0.815. The van der Waals surface area contributed by atoms with Crippen LogP contribution < -0.4 is 0 Å². The second kappa shape index (κ2) is 5.40. The van der Waals surface area contributed by atoms with Crippen LogP contribution in [0.4, 0.5) is 4.39 Å². The molecule has 0 spiro atoms. The molecule has 1 aromatic rings. The summed E-state index contributed by atoms with van der Waals surface area (Å²) in [6, 6.07) is 3.45. The number of aryl methyl sites for hydroxylation is 2. The maximum absolute atomic E-state index is 13.9. The number of benzene rings is 1. The van der Waals surface area contributed by atoms with Crippen LogP contribution in [-0.2, 0) is 0 Å². The lowest BCUT2D eigenvalue weighted by molar-refractivity contribution is 0.163. The molecule has 1 aromatic carbocycles. The van der Waals surface area contributed by atoms with Crippen molar-refractivity contribution in [3.05, 3.63) is 34.6 Å². The highest BCUT2D eigenvalue weighted by molar-refractivity contribution is 7.99.